The zero-order chi connectivity index (χ0) is 15.8. The average Bonchev–Trinajstić information content (AvgIpc) is 2.77. The maximum absolute atomic E-state index is 12.6. The zero-order valence-electron chi connectivity index (χ0n) is 11.7. The third-order valence-corrected chi connectivity index (χ3v) is 7.05. The van der Waals surface area contributed by atoms with Gasteiger partial charge in [0.2, 0.25) is 0 Å². The normalized spacial score (nSPS) is 13.6. The minimum Gasteiger partial charge on any atom is -0.508 e. The smallest absolute Gasteiger partial charge is 0.254 e. The molecule has 1 N–H and O–H groups in total. The number of halogens is 1. The van der Waals surface area contributed by atoms with Crippen LogP contribution >= 0.6 is 22.9 Å². The zero-order valence-corrected chi connectivity index (χ0v) is 14.1. The minimum atomic E-state index is -3.72. The van der Waals surface area contributed by atoms with Crippen molar-refractivity contribution in [3.63, 3.8) is 0 Å². The number of aromatic hydroxyl groups is 1. The van der Waals surface area contributed by atoms with Crippen molar-refractivity contribution in [2.24, 2.45) is 0 Å². The Bertz CT molecular complexity index is 759. The molecule has 1 unspecified atom stereocenters. The number of phenols is 1. The van der Waals surface area contributed by atoms with Gasteiger partial charge in [0.1, 0.15) is 5.75 Å². The van der Waals surface area contributed by atoms with E-state index in [0.29, 0.717) is 11.3 Å². The van der Waals surface area contributed by atoms with Gasteiger partial charge >= 0.3 is 0 Å². The summed E-state index contributed by atoms with van der Waals surface area (Å²) in [5.41, 5.74) is 0.915. The van der Waals surface area contributed by atoms with Crippen LogP contribution in [0.25, 0.3) is 0 Å². The van der Waals surface area contributed by atoms with Gasteiger partial charge in [0.25, 0.3) is 10.0 Å². The molecule has 1 heterocycles. The van der Waals surface area contributed by atoms with Gasteiger partial charge in [-0.05, 0) is 19.9 Å². The fraction of sp³-hybridized carbons (Fsp3) is 0.308. The van der Waals surface area contributed by atoms with Gasteiger partial charge in [-0.25, -0.2) is 13.4 Å². The fourth-order valence-electron chi connectivity index (χ4n) is 1.97. The molecule has 2 rings (SSSR count). The van der Waals surface area contributed by atoms with Crippen LogP contribution in [0.2, 0.25) is 4.47 Å². The number of para-hydroxylation sites is 1. The summed E-state index contributed by atoms with van der Waals surface area (Å²) in [6.07, 6.45) is 0. The summed E-state index contributed by atoms with van der Waals surface area (Å²) < 4.78 is 26.8. The predicted molar refractivity (Wildman–Crippen MR) is 83.3 cm³/mol. The molecule has 0 saturated heterocycles. The number of phenolic OH excluding ortho intramolecular Hbond substituents is 1. The SMILES string of the molecule is Cc1nc(Cl)sc1S(=O)(=O)N(C)C(C)c1ccccc1O. The lowest BCUT2D eigenvalue weighted by Crippen LogP contribution is -2.29. The number of nitrogens with zero attached hydrogens (tertiary/aromatic N) is 2. The van der Waals surface area contributed by atoms with Crippen molar-refractivity contribution in [3.05, 3.63) is 40.0 Å². The van der Waals surface area contributed by atoms with Gasteiger partial charge in [0, 0.05) is 12.6 Å². The molecule has 0 bridgehead atoms. The summed E-state index contributed by atoms with van der Waals surface area (Å²) in [5.74, 6) is 0.0612. The highest BCUT2D eigenvalue weighted by molar-refractivity contribution is 7.91. The maximum Gasteiger partial charge on any atom is 0.254 e. The van der Waals surface area contributed by atoms with E-state index in [1.807, 2.05) is 0 Å². The first-order valence-electron chi connectivity index (χ1n) is 6.14. The van der Waals surface area contributed by atoms with Crippen molar-refractivity contribution in [2.45, 2.75) is 24.1 Å². The van der Waals surface area contributed by atoms with E-state index < -0.39 is 16.1 Å². The van der Waals surface area contributed by atoms with E-state index >= 15 is 0 Å². The standard InChI is InChI=1S/C13H15ClN2O3S2/c1-8-12(20-13(14)15-8)21(18,19)16(3)9(2)10-6-4-5-7-11(10)17/h4-7,9,17H,1-3H3. The summed E-state index contributed by atoms with van der Waals surface area (Å²) in [7, 11) is -2.25. The van der Waals surface area contributed by atoms with Crippen LogP contribution in [0.1, 0.15) is 24.2 Å². The van der Waals surface area contributed by atoms with Gasteiger partial charge in [-0.3, -0.25) is 0 Å². The summed E-state index contributed by atoms with van der Waals surface area (Å²) in [6.45, 7) is 3.32. The van der Waals surface area contributed by atoms with E-state index in [9.17, 15) is 13.5 Å². The number of rotatable bonds is 4. The number of aryl methyl sites for hydroxylation is 1. The number of aromatic nitrogens is 1. The molecule has 1 aromatic heterocycles. The molecule has 0 aliphatic carbocycles. The monoisotopic (exact) mass is 346 g/mol. The maximum atomic E-state index is 12.6. The molecule has 0 radical (unpaired) electrons. The number of thiazole rings is 1. The quantitative estimate of drug-likeness (QED) is 0.922. The highest BCUT2D eigenvalue weighted by Gasteiger charge is 2.31. The molecule has 5 nitrogen and oxygen atoms in total. The molecule has 21 heavy (non-hydrogen) atoms. The molecule has 0 fully saturated rings. The highest BCUT2D eigenvalue weighted by Crippen LogP contribution is 2.34. The van der Waals surface area contributed by atoms with Crippen LogP contribution in [-0.2, 0) is 10.0 Å². The third-order valence-electron chi connectivity index (χ3n) is 3.27. The van der Waals surface area contributed by atoms with Gasteiger partial charge in [-0.15, -0.1) is 0 Å². The van der Waals surface area contributed by atoms with E-state index in [2.05, 4.69) is 4.98 Å². The van der Waals surface area contributed by atoms with Crippen LogP contribution in [0.3, 0.4) is 0 Å². The van der Waals surface area contributed by atoms with Crippen LogP contribution in [0.15, 0.2) is 28.5 Å². The van der Waals surface area contributed by atoms with Crippen molar-refractivity contribution >= 4 is 33.0 Å². The lowest BCUT2D eigenvalue weighted by Gasteiger charge is -2.24. The highest BCUT2D eigenvalue weighted by atomic mass is 35.5. The second-order valence-electron chi connectivity index (χ2n) is 4.60. The lowest BCUT2D eigenvalue weighted by molar-refractivity contribution is 0.381. The second-order valence-corrected chi connectivity index (χ2v) is 8.37. The van der Waals surface area contributed by atoms with Gasteiger partial charge in [-0.2, -0.15) is 4.31 Å². The van der Waals surface area contributed by atoms with E-state index in [0.717, 1.165) is 11.3 Å². The molecule has 0 aliphatic heterocycles. The van der Waals surface area contributed by atoms with E-state index in [1.54, 1.807) is 32.0 Å². The van der Waals surface area contributed by atoms with E-state index in [1.165, 1.54) is 17.4 Å². The van der Waals surface area contributed by atoms with Crippen LogP contribution in [0.4, 0.5) is 0 Å². The largest absolute Gasteiger partial charge is 0.508 e. The first-order valence-corrected chi connectivity index (χ1v) is 8.77. The molecule has 0 aliphatic rings. The first kappa shape index (κ1) is 16.2. The molecule has 0 spiro atoms. The Hall–Kier alpha value is -1.15. The second kappa shape index (κ2) is 5.92. The molecule has 114 valence electrons. The molecule has 1 aromatic carbocycles. The van der Waals surface area contributed by atoms with Crippen molar-refractivity contribution in [3.8, 4) is 5.75 Å². The Morgan fingerprint density at radius 1 is 1.38 bits per heavy atom. The molecular weight excluding hydrogens is 332 g/mol. The summed E-state index contributed by atoms with van der Waals surface area (Å²) in [5, 5.41) is 9.87. The topological polar surface area (TPSA) is 70.5 Å². The predicted octanol–water partition coefficient (Wildman–Crippen LogP) is 3.19. The number of hydrogen-bond donors (Lipinski definition) is 1. The molecule has 2 aromatic rings. The number of benzene rings is 1. The van der Waals surface area contributed by atoms with Crippen LogP contribution in [0.5, 0.6) is 5.75 Å². The van der Waals surface area contributed by atoms with Crippen molar-refractivity contribution < 1.29 is 13.5 Å². The Kier molecular flexibility index (Phi) is 4.57. The van der Waals surface area contributed by atoms with Crippen LogP contribution < -0.4 is 0 Å². The number of hydrogen-bond acceptors (Lipinski definition) is 5. The van der Waals surface area contributed by atoms with Crippen LogP contribution in [0, 0.1) is 6.92 Å². The van der Waals surface area contributed by atoms with Crippen molar-refractivity contribution in [1.29, 1.82) is 0 Å². The van der Waals surface area contributed by atoms with Crippen molar-refractivity contribution in [1.82, 2.24) is 9.29 Å². The third kappa shape index (κ3) is 3.06. The minimum absolute atomic E-state index is 0.0612. The Labute approximate surface area is 132 Å². The molecule has 1 atom stereocenters. The lowest BCUT2D eigenvalue weighted by atomic mass is 10.1. The van der Waals surface area contributed by atoms with Gasteiger partial charge in [-0.1, -0.05) is 41.1 Å². The summed E-state index contributed by atoms with van der Waals surface area (Å²) in [4.78, 5) is 3.94. The average molecular weight is 347 g/mol. The fourth-order valence-corrected chi connectivity index (χ4v) is 5.21. The Morgan fingerprint density at radius 2 is 2.00 bits per heavy atom. The number of sulfonamides is 1. The molecule has 8 heteroatoms. The molecule has 0 saturated carbocycles. The summed E-state index contributed by atoms with van der Waals surface area (Å²) in [6, 6.07) is 6.14. The van der Waals surface area contributed by atoms with Crippen LogP contribution in [-0.4, -0.2) is 29.9 Å². The Morgan fingerprint density at radius 3 is 2.52 bits per heavy atom. The molecular formula is C13H15ClN2O3S2. The molecule has 0 amide bonds. The Balaban J connectivity index is 2.41. The first-order chi connectivity index (χ1) is 9.75. The van der Waals surface area contributed by atoms with E-state index in [4.69, 9.17) is 11.6 Å². The van der Waals surface area contributed by atoms with Gasteiger partial charge in [0.15, 0.2) is 8.68 Å². The summed E-state index contributed by atoms with van der Waals surface area (Å²) >= 11 is 6.71. The van der Waals surface area contributed by atoms with Gasteiger partial charge < -0.3 is 5.11 Å². The van der Waals surface area contributed by atoms with Gasteiger partial charge in [0.05, 0.1) is 11.7 Å². The van der Waals surface area contributed by atoms with Crippen molar-refractivity contribution in [2.75, 3.05) is 7.05 Å². The van der Waals surface area contributed by atoms with E-state index in [-0.39, 0.29) is 14.4 Å².